The third kappa shape index (κ3) is 3.85. The number of rotatable bonds is 6. The first-order valence-corrected chi connectivity index (χ1v) is 8.70. The van der Waals surface area contributed by atoms with Crippen LogP contribution in [0, 0.1) is 0 Å². The van der Waals surface area contributed by atoms with E-state index in [0.717, 1.165) is 35.5 Å². The summed E-state index contributed by atoms with van der Waals surface area (Å²) in [5.41, 5.74) is 2.31. The fourth-order valence-corrected chi connectivity index (χ4v) is 2.87. The Morgan fingerprint density at radius 1 is 0.957 bits per heavy atom. The zero-order chi connectivity index (χ0) is 16.1. The van der Waals surface area contributed by atoms with Crippen LogP contribution in [-0.4, -0.2) is 6.61 Å². The highest BCUT2D eigenvalue weighted by Crippen LogP contribution is 2.29. The van der Waals surface area contributed by atoms with Crippen molar-refractivity contribution >= 4 is 32.4 Å². The van der Waals surface area contributed by atoms with E-state index in [1.807, 2.05) is 12.1 Å². The first kappa shape index (κ1) is 15.9. The summed E-state index contributed by atoms with van der Waals surface area (Å²) < 4.78 is 7.04. The molecular weight excluding hydrogens is 350 g/mol. The minimum absolute atomic E-state index is 0.738. The molecule has 0 unspecified atom stereocenters. The van der Waals surface area contributed by atoms with Gasteiger partial charge >= 0.3 is 0 Å². The average Bonchev–Trinajstić information content (AvgIpc) is 2.59. The van der Waals surface area contributed by atoms with Crippen LogP contribution < -0.4 is 10.1 Å². The minimum Gasteiger partial charge on any atom is -0.493 e. The number of hydrogen-bond acceptors (Lipinski definition) is 2. The lowest BCUT2D eigenvalue weighted by Crippen LogP contribution is -2.05. The van der Waals surface area contributed by atoms with Crippen molar-refractivity contribution < 1.29 is 4.74 Å². The van der Waals surface area contributed by atoms with Gasteiger partial charge in [0.25, 0.3) is 0 Å². The second-order valence-corrected chi connectivity index (χ2v) is 6.39. The Bertz CT molecular complexity index is 783. The average molecular weight is 370 g/mol. The van der Waals surface area contributed by atoms with E-state index >= 15 is 0 Å². The monoisotopic (exact) mass is 369 g/mol. The molecular formula is C20H20BrNO. The van der Waals surface area contributed by atoms with Gasteiger partial charge in [0.1, 0.15) is 5.75 Å². The Hall–Kier alpha value is -2.00. The SMILES string of the molecule is CCCOc1ccc2ccccc2c1CNc1ccc(Br)cc1. The molecule has 0 bridgehead atoms. The maximum absolute atomic E-state index is 5.95. The Kier molecular flexibility index (Phi) is 5.19. The molecule has 3 aromatic rings. The van der Waals surface area contributed by atoms with Crippen molar-refractivity contribution in [3.8, 4) is 5.75 Å². The summed E-state index contributed by atoms with van der Waals surface area (Å²) >= 11 is 3.47. The Morgan fingerprint density at radius 2 is 1.74 bits per heavy atom. The third-order valence-electron chi connectivity index (χ3n) is 3.77. The van der Waals surface area contributed by atoms with Crippen LogP contribution in [0.2, 0.25) is 0 Å². The Balaban J connectivity index is 1.90. The molecule has 0 atom stereocenters. The molecule has 3 rings (SSSR count). The van der Waals surface area contributed by atoms with Gasteiger partial charge < -0.3 is 10.1 Å². The number of halogens is 1. The summed E-state index contributed by atoms with van der Waals surface area (Å²) in [4.78, 5) is 0. The first-order chi connectivity index (χ1) is 11.3. The summed E-state index contributed by atoms with van der Waals surface area (Å²) in [6.07, 6.45) is 1.01. The van der Waals surface area contributed by atoms with E-state index < -0.39 is 0 Å². The van der Waals surface area contributed by atoms with Crippen LogP contribution in [0.15, 0.2) is 65.1 Å². The fourth-order valence-electron chi connectivity index (χ4n) is 2.60. The van der Waals surface area contributed by atoms with E-state index in [1.54, 1.807) is 0 Å². The predicted molar refractivity (Wildman–Crippen MR) is 101 cm³/mol. The molecule has 0 saturated carbocycles. The zero-order valence-electron chi connectivity index (χ0n) is 13.2. The van der Waals surface area contributed by atoms with Crippen LogP contribution in [0.3, 0.4) is 0 Å². The van der Waals surface area contributed by atoms with Gasteiger partial charge in [-0.15, -0.1) is 0 Å². The van der Waals surface area contributed by atoms with Crippen molar-refractivity contribution in [3.63, 3.8) is 0 Å². The molecule has 0 aliphatic rings. The summed E-state index contributed by atoms with van der Waals surface area (Å²) in [7, 11) is 0. The van der Waals surface area contributed by atoms with Crippen LogP contribution in [0.5, 0.6) is 5.75 Å². The topological polar surface area (TPSA) is 21.3 Å². The molecule has 0 radical (unpaired) electrons. The number of nitrogens with one attached hydrogen (secondary N) is 1. The molecule has 0 spiro atoms. The molecule has 0 saturated heterocycles. The predicted octanol–water partition coefficient (Wildman–Crippen LogP) is 6.00. The van der Waals surface area contributed by atoms with Crippen molar-refractivity contribution in [1.82, 2.24) is 0 Å². The van der Waals surface area contributed by atoms with Gasteiger partial charge in [0.2, 0.25) is 0 Å². The van der Waals surface area contributed by atoms with Gasteiger partial charge in [-0.25, -0.2) is 0 Å². The maximum atomic E-state index is 5.95. The van der Waals surface area contributed by atoms with Gasteiger partial charge in [0.05, 0.1) is 6.61 Å². The van der Waals surface area contributed by atoms with E-state index in [0.29, 0.717) is 0 Å². The molecule has 0 aliphatic carbocycles. The lowest BCUT2D eigenvalue weighted by Gasteiger charge is -2.15. The van der Waals surface area contributed by atoms with Gasteiger partial charge in [-0.2, -0.15) is 0 Å². The van der Waals surface area contributed by atoms with Gasteiger partial charge in [0.15, 0.2) is 0 Å². The number of benzene rings is 3. The van der Waals surface area contributed by atoms with Gasteiger partial charge in [0, 0.05) is 22.3 Å². The van der Waals surface area contributed by atoms with E-state index in [4.69, 9.17) is 4.74 Å². The Labute approximate surface area is 145 Å². The molecule has 2 nitrogen and oxygen atoms in total. The van der Waals surface area contributed by atoms with E-state index in [1.165, 1.54) is 16.3 Å². The van der Waals surface area contributed by atoms with Crippen molar-refractivity contribution in [2.75, 3.05) is 11.9 Å². The highest BCUT2D eigenvalue weighted by molar-refractivity contribution is 9.10. The lowest BCUT2D eigenvalue weighted by molar-refractivity contribution is 0.315. The highest BCUT2D eigenvalue weighted by atomic mass is 79.9. The molecule has 0 aliphatic heterocycles. The molecule has 118 valence electrons. The molecule has 0 heterocycles. The minimum atomic E-state index is 0.738. The largest absolute Gasteiger partial charge is 0.493 e. The third-order valence-corrected chi connectivity index (χ3v) is 4.30. The second-order valence-electron chi connectivity index (χ2n) is 5.47. The van der Waals surface area contributed by atoms with E-state index in [-0.39, 0.29) is 0 Å². The van der Waals surface area contributed by atoms with Crippen LogP contribution in [0.1, 0.15) is 18.9 Å². The van der Waals surface area contributed by atoms with Gasteiger partial charge in [-0.1, -0.05) is 53.2 Å². The normalized spacial score (nSPS) is 10.7. The Morgan fingerprint density at radius 3 is 2.52 bits per heavy atom. The standard InChI is InChI=1S/C20H20BrNO/c1-2-13-23-20-12-7-15-5-3-4-6-18(15)19(20)14-22-17-10-8-16(21)9-11-17/h3-12,22H,2,13-14H2,1H3. The summed E-state index contributed by atoms with van der Waals surface area (Å²) in [6, 6.07) is 20.9. The smallest absolute Gasteiger partial charge is 0.124 e. The second kappa shape index (κ2) is 7.51. The van der Waals surface area contributed by atoms with Crippen LogP contribution >= 0.6 is 15.9 Å². The number of fused-ring (bicyclic) bond motifs is 1. The summed E-state index contributed by atoms with van der Waals surface area (Å²) in [5.74, 6) is 0.968. The van der Waals surface area contributed by atoms with Crippen LogP contribution in [0.4, 0.5) is 5.69 Å². The van der Waals surface area contributed by atoms with Crippen molar-refractivity contribution in [2.24, 2.45) is 0 Å². The van der Waals surface area contributed by atoms with Crippen LogP contribution in [0.25, 0.3) is 10.8 Å². The van der Waals surface area contributed by atoms with Crippen LogP contribution in [-0.2, 0) is 6.54 Å². The zero-order valence-corrected chi connectivity index (χ0v) is 14.8. The number of hydrogen-bond donors (Lipinski definition) is 1. The van der Waals surface area contributed by atoms with Crippen molar-refractivity contribution in [3.05, 3.63) is 70.7 Å². The van der Waals surface area contributed by atoms with Gasteiger partial charge in [-0.05, 0) is 47.5 Å². The molecule has 0 amide bonds. The van der Waals surface area contributed by atoms with Crippen molar-refractivity contribution in [2.45, 2.75) is 19.9 Å². The fraction of sp³-hybridized carbons (Fsp3) is 0.200. The molecule has 0 aromatic heterocycles. The number of ether oxygens (including phenoxy) is 1. The van der Waals surface area contributed by atoms with Gasteiger partial charge in [-0.3, -0.25) is 0 Å². The first-order valence-electron chi connectivity index (χ1n) is 7.91. The molecule has 3 aromatic carbocycles. The molecule has 3 heteroatoms. The number of anilines is 1. The van der Waals surface area contributed by atoms with E-state index in [2.05, 4.69) is 76.7 Å². The highest BCUT2D eigenvalue weighted by Gasteiger charge is 2.09. The molecule has 0 fully saturated rings. The lowest BCUT2D eigenvalue weighted by atomic mass is 10.0. The van der Waals surface area contributed by atoms with E-state index in [9.17, 15) is 0 Å². The van der Waals surface area contributed by atoms with Crippen molar-refractivity contribution in [1.29, 1.82) is 0 Å². The summed E-state index contributed by atoms with van der Waals surface area (Å²) in [5, 5.41) is 5.98. The maximum Gasteiger partial charge on any atom is 0.124 e. The molecule has 23 heavy (non-hydrogen) atoms. The quantitative estimate of drug-likeness (QED) is 0.574. The summed E-state index contributed by atoms with van der Waals surface area (Å²) in [6.45, 7) is 3.60. The molecule has 1 N–H and O–H groups in total.